The van der Waals surface area contributed by atoms with E-state index in [0.717, 1.165) is 45.6 Å². The van der Waals surface area contributed by atoms with Crippen molar-refractivity contribution in [3.63, 3.8) is 0 Å². The number of carbonyl (C=O) groups excluding carboxylic acids is 2. The van der Waals surface area contributed by atoms with Gasteiger partial charge in [0.25, 0.3) is 0 Å². The van der Waals surface area contributed by atoms with E-state index in [-0.39, 0.29) is 11.8 Å². The van der Waals surface area contributed by atoms with Crippen LogP contribution in [0, 0.1) is 0 Å². The van der Waals surface area contributed by atoms with Gasteiger partial charge in [0.2, 0.25) is 11.8 Å². The maximum absolute atomic E-state index is 12.1. The molecule has 122 valence electrons. The van der Waals surface area contributed by atoms with Gasteiger partial charge >= 0.3 is 0 Å². The van der Waals surface area contributed by atoms with E-state index < -0.39 is 0 Å². The zero-order chi connectivity index (χ0) is 15.7. The molecule has 1 aliphatic heterocycles. The van der Waals surface area contributed by atoms with Crippen molar-refractivity contribution in [3.8, 4) is 0 Å². The second-order valence-corrected chi connectivity index (χ2v) is 5.93. The maximum Gasteiger partial charge on any atom is 0.222 e. The Morgan fingerprint density at radius 3 is 2.43 bits per heavy atom. The highest BCUT2D eigenvalue weighted by Crippen LogP contribution is 2.07. The van der Waals surface area contributed by atoms with Crippen LogP contribution in [0.3, 0.4) is 0 Å². The molecular formula is C16H31N3O2. The molecule has 21 heavy (non-hydrogen) atoms. The summed E-state index contributed by atoms with van der Waals surface area (Å²) in [6.07, 6.45) is 3.63. The number of nitrogens with zero attached hydrogens (tertiary/aromatic N) is 2. The summed E-state index contributed by atoms with van der Waals surface area (Å²) in [5.41, 5.74) is 0. The third-order valence-electron chi connectivity index (χ3n) is 3.84. The average Bonchev–Trinajstić information content (AvgIpc) is 2.46. The van der Waals surface area contributed by atoms with E-state index in [0.29, 0.717) is 25.3 Å². The molecule has 0 radical (unpaired) electrons. The number of hydrogen-bond acceptors (Lipinski definition) is 3. The number of carbonyl (C=O) groups is 2. The van der Waals surface area contributed by atoms with E-state index in [9.17, 15) is 9.59 Å². The summed E-state index contributed by atoms with van der Waals surface area (Å²) in [4.78, 5) is 28.1. The van der Waals surface area contributed by atoms with Crippen LogP contribution in [0.5, 0.6) is 0 Å². The second kappa shape index (κ2) is 9.77. The van der Waals surface area contributed by atoms with Crippen LogP contribution in [-0.2, 0) is 9.59 Å². The van der Waals surface area contributed by atoms with E-state index >= 15 is 0 Å². The van der Waals surface area contributed by atoms with Gasteiger partial charge in [0.1, 0.15) is 0 Å². The van der Waals surface area contributed by atoms with Crippen LogP contribution in [0.2, 0.25) is 0 Å². The van der Waals surface area contributed by atoms with Crippen molar-refractivity contribution in [1.29, 1.82) is 0 Å². The minimum atomic E-state index is 0.189. The molecule has 1 rings (SSSR count). The van der Waals surface area contributed by atoms with E-state index in [1.165, 1.54) is 0 Å². The smallest absolute Gasteiger partial charge is 0.222 e. The lowest BCUT2D eigenvalue weighted by molar-refractivity contribution is -0.133. The van der Waals surface area contributed by atoms with Crippen molar-refractivity contribution < 1.29 is 9.59 Å². The molecule has 0 bridgehead atoms. The Kier molecular flexibility index (Phi) is 8.35. The first-order valence-corrected chi connectivity index (χ1v) is 8.37. The summed E-state index contributed by atoms with van der Waals surface area (Å²) in [5, 5.41) is 3.33. The Morgan fingerprint density at radius 1 is 1.19 bits per heavy atom. The molecule has 5 nitrogen and oxygen atoms in total. The maximum atomic E-state index is 12.1. The van der Waals surface area contributed by atoms with Gasteiger partial charge in [-0.15, -0.1) is 0 Å². The van der Waals surface area contributed by atoms with Gasteiger partial charge in [0.15, 0.2) is 0 Å². The van der Waals surface area contributed by atoms with Crippen LogP contribution in [-0.4, -0.2) is 60.4 Å². The zero-order valence-corrected chi connectivity index (χ0v) is 13.9. The van der Waals surface area contributed by atoms with Crippen LogP contribution >= 0.6 is 0 Å². The second-order valence-electron chi connectivity index (χ2n) is 5.93. The van der Waals surface area contributed by atoms with Gasteiger partial charge in [-0.25, -0.2) is 0 Å². The molecule has 1 N–H and O–H groups in total. The Hall–Kier alpha value is -1.10. The van der Waals surface area contributed by atoms with Crippen LogP contribution in [0.4, 0.5) is 0 Å². The van der Waals surface area contributed by atoms with Crippen LogP contribution in [0.1, 0.15) is 52.9 Å². The molecule has 1 aliphatic rings. The monoisotopic (exact) mass is 297 g/mol. The van der Waals surface area contributed by atoms with Crippen molar-refractivity contribution in [2.24, 2.45) is 0 Å². The summed E-state index contributed by atoms with van der Waals surface area (Å²) in [6.45, 7) is 10.4. The van der Waals surface area contributed by atoms with Gasteiger partial charge in [0.05, 0.1) is 0 Å². The Labute approximate surface area is 129 Å². The van der Waals surface area contributed by atoms with Gasteiger partial charge in [-0.3, -0.25) is 9.59 Å². The van der Waals surface area contributed by atoms with E-state index in [2.05, 4.69) is 26.1 Å². The molecule has 0 aliphatic carbocycles. The van der Waals surface area contributed by atoms with Crippen LogP contribution in [0.15, 0.2) is 0 Å². The number of rotatable bonds is 8. The van der Waals surface area contributed by atoms with Gasteiger partial charge in [-0.2, -0.15) is 0 Å². The third kappa shape index (κ3) is 6.46. The first-order chi connectivity index (χ1) is 10.1. The minimum absolute atomic E-state index is 0.189. The molecule has 0 aromatic rings. The van der Waals surface area contributed by atoms with E-state index in [1.807, 2.05) is 9.80 Å². The zero-order valence-electron chi connectivity index (χ0n) is 13.9. The topological polar surface area (TPSA) is 52.7 Å². The van der Waals surface area contributed by atoms with Gasteiger partial charge in [0, 0.05) is 51.6 Å². The number of piperazine rings is 1. The lowest BCUT2D eigenvalue weighted by Gasteiger charge is -2.32. The summed E-state index contributed by atoms with van der Waals surface area (Å²) in [5.74, 6) is 0.383. The van der Waals surface area contributed by atoms with Crippen LogP contribution < -0.4 is 5.32 Å². The van der Waals surface area contributed by atoms with E-state index in [4.69, 9.17) is 0 Å². The third-order valence-corrected chi connectivity index (χ3v) is 3.84. The molecule has 1 atom stereocenters. The Morgan fingerprint density at radius 2 is 1.86 bits per heavy atom. The highest BCUT2D eigenvalue weighted by Gasteiger charge is 2.20. The fourth-order valence-corrected chi connectivity index (χ4v) is 2.77. The molecule has 0 aromatic heterocycles. The molecule has 0 spiro atoms. The van der Waals surface area contributed by atoms with Crippen molar-refractivity contribution in [1.82, 2.24) is 15.1 Å². The van der Waals surface area contributed by atoms with Crippen molar-refractivity contribution >= 4 is 11.8 Å². The van der Waals surface area contributed by atoms with Crippen molar-refractivity contribution in [2.45, 2.75) is 58.9 Å². The Bertz CT molecular complexity index is 311. The molecule has 2 amide bonds. The lowest BCUT2D eigenvalue weighted by atomic mass is 10.1. The average molecular weight is 297 g/mol. The fraction of sp³-hybridized carbons (Fsp3) is 0.875. The molecule has 0 saturated carbocycles. The minimum Gasteiger partial charge on any atom is -0.343 e. The summed E-state index contributed by atoms with van der Waals surface area (Å²) >= 11 is 0. The first kappa shape index (κ1) is 18.0. The van der Waals surface area contributed by atoms with Crippen molar-refractivity contribution in [2.75, 3.05) is 32.7 Å². The molecule has 0 aromatic carbocycles. The van der Waals surface area contributed by atoms with Crippen molar-refractivity contribution in [3.05, 3.63) is 0 Å². The van der Waals surface area contributed by atoms with Gasteiger partial charge < -0.3 is 15.1 Å². The highest BCUT2D eigenvalue weighted by molar-refractivity contribution is 5.79. The number of amides is 2. The summed E-state index contributed by atoms with van der Waals surface area (Å²) < 4.78 is 0. The molecule has 1 heterocycles. The highest BCUT2D eigenvalue weighted by atomic mass is 16.2. The SMILES string of the molecule is CCCN(CCC)C(=O)CCCC(=O)N1CCNC(C)C1. The predicted molar refractivity (Wildman–Crippen MR) is 85.1 cm³/mol. The normalized spacial score (nSPS) is 18.6. The quantitative estimate of drug-likeness (QED) is 0.741. The number of nitrogens with one attached hydrogen (secondary N) is 1. The molecule has 1 fully saturated rings. The standard InChI is InChI=1S/C16H31N3O2/c1-4-10-18(11-5-2)15(20)7-6-8-16(21)19-12-9-17-14(3)13-19/h14,17H,4-13H2,1-3H3. The molecular weight excluding hydrogens is 266 g/mol. The summed E-state index contributed by atoms with van der Waals surface area (Å²) in [6, 6.07) is 0.369. The summed E-state index contributed by atoms with van der Waals surface area (Å²) in [7, 11) is 0. The molecule has 1 saturated heterocycles. The first-order valence-electron chi connectivity index (χ1n) is 8.37. The number of hydrogen-bond donors (Lipinski definition) is 1. The lowest BCUT2D eigenvalue weighted by Crippen LogP contribution is -2.51. The molecule has 1 unspecified atom stereocenters. The largest absolute Gasteiger partial charge is 0.343 e. The van der Waals surface area contributed by atoms with E-state index in [1.54, 1.807) is 0 Å². The Balaban J connectivity index is 2.27. The van der Waals surface area contributed by atoms with Gasteiger partial charge in [-0.05, 0) is 26.2 Å². The predicted octanol–water partition coefficient (Wildman–Crippen LogP) is 1.63. The fourth-order valence-electron chi connectivity index (χ4n) is 2.77. The van der Waals surface area contributed by atoms with Gasteiger partial charge in [-0.1, -0.05) is 13.8 Å². The molecule has 5 heteroatoms. The van der Waals surface area contributed by atoms with Crippen LogP contribution in [0.25, 0.3) is 0 Å².